The van der Waals surface area contributed by atoms with Gasteiger partial charge in [0, 0.05) is 11.6 Å². The van der Waals surface area contributed by atoms with Crippen LogP contribution in [0.15, 0.2) is 0 Å². The molecule has 0 saturated heterocycles. The van der Waals surface area contributed by atoms with Crippen LogP contribution in [-0.2, 0) is 0 Å². The fraction of sp³-hybridized carbons (Fsp3) is 1.00. The zero-order chi connectivity index (χ0) is 10.0. The minimum atomic E-state index is 0.143. The van der Waals surface area contributed by atoms with Crippen molar-refractivity contribution in [3.63, 3.8) is 0 Å². The monoisotopic (exact) mass is 197 g/mol. The summed E-state index contributed by atoms with van der Waals surface area (Å²) in [6.07, 6.45) is 9.11. The highest BCUT2D eigenvalue weighted by Crippen LogP contribution is 2.37. The van der Waals surface area contributed by atoms with E-state index in [1.165, 1.54) is 44.9 Å². The average molecular weight is 197 g/mol. The van der Waals surface area contributed by atoms with E-state index in [1.807, 2.05) is 0 Å². The first-order valence-corrected chi connectivity index (χ1v) is 6.16. The van der Waals surface area contributed by atoms with Gasteiger partial charge in [-0.3, -0.25) is 0 Å². The van der Waals surface area contributed by atoms with Crippen LogP contribution in [0.4, 0.5) is 0 Å². The van der Waals surface area contributed by atoms with Crippen molar-refractivity contribution >= 4 is 0 Å². The van der Waals surface area contributed by atoms with Gasteiger partial charge in [0.1, 0.15) is 0 Å². The molecule has 0 aromatic carbocycles. The van der Waals surface area contributed by atoms with Crippen LogP contribution in [0.1, 0.15) is 51.9 Å². The molecule has 0 amide bonds. The Balaban J connectivity index is 1.73. The third-order valence-electron chi connectivity index (χ3n) is 4.09. The molecule has 0 spiro atoms. The maximum Gasteiger partial charge on any atom is 0.0613 e. The van der Waals surface area contributed by atoms with Gasteiger partial charge in [-0.2, -0.15) is 0 Å². The number of rotatable bonds is 4. The molecule has 2 saturated carbocycles. The van der Waals surface area contributed by atoms with E-state index < -0.39 is 0 Å². The van der Waals surface area contributed by atoms with Gasteiger partial charge in [0.05, 0.1) is 6.61 Å². The highest BCUT2D eigenvalue weighted by Gasteiger charge is 2.43. The number of hydrogen-bond acceptors (Lipinski definition) is 2. The molecule has 0 radical (unpaired) electrons. The summed E-state index contributed by atoms with van der Waals surface area (Å²) in [7, 11) is 0. The lowest BCUT2D eigenvalue weighted by molar-refractivity contribution is 0.194. The first-order chi connectivity index (χ1) is 6.78. The first-order valence-electron chi connectivity index (χ1n) is 6.16. The van der Waals surface area contributed by atoms with E-state index in [0.717, 1.165) is 5.92 Å². The van der Waals surface area contributed by atoms with Crippen molar-refractivity contribution in [3.05, 3.63) is 0 Å². The highest BCUT2D eigenvalue weighted by molar-refractivity contribution is 5.03. The average Bonchev–Trinajstić information content (AvgIpc) is 3.00. The molecule has 2 aliphatic carbocycles. The molecule has 0 aliphatic heterocycles. The van der Waals surface area contributed by atoms with E-state index in [4.69, 9.17) is 0 Å². The minimum Gasteiger partial charge on any atom is -0.394 e. The third-order valence-corrected chi connectivity index (χ3v) is 4.09. The van der Waals surface area contributed by atoms with Crippen molar-refractivity contribution < 1.29 is 5.11 Å². The van der Waals surface area contributed by atoms with Gasteiger partial charge >= 0.3 is 0 Å². The molecule has 2 heteroatoms. The Morgan fingerprint density at radius 1 is 1.21 bits per heavy atom. The Bertz CT molecular complexity index is 181. The fourth-order valence-corrected chi connectivity index (χ4v) is 2.65. The Morgan fingerprint density at radius 2 is 1.86 bits per heavy atom. The molecule has 2 nitrogen and oxygen atoms in total. The lowest BCUT2D eigenvalue weighted by Gasteiger charge is -2.31. The summed E-state index contributed by atoms with van der Waals surface area (Å²) < 4.78 is 0. The summed E-state index contributed by atoms with van der Waals surface area (Å²) in [6, 6.07) is 0.687. The van der Waals surface area contributed by atoms with Crippen molar-refractivity contribution in [1.82, 2.24) is 5.32 Å². The van der Waals surface area contributed by atoms with Crippen molar-refractivity contribution in [2.45, 2.75) is 63.5 Å². The van der Waals surface area contributed by atoms with Crippen LogP contribution in [0, 0.1) is 5.92 Å². The standard InChI is InChI=1S/C12H23NO/c1-2-10-3-5-11(6-4-10)13-12(9-14)7-8-12/h10-11,13-14H,2-9H2,1H3. The van der Waals surface area contributed by atoms with Crippen LogP contribution in [0.5, 0.6) is 0 Å². The summed E-state index contributed by atoms with van der Waals surface area (Å²) in [5.41, 5.74) is 0.143. The van der Waals surface area contributed by atoms with E-state index in [9.17, 15) is 5.11 Å². The minimum absolute atomic E-state index is 0.143. The Labute approximate surface area is 87.1 Å². The van der Waals surface area contributed by atoms with E-state index in [0.29, 0.717) is 12.6 Å². The number of aliphatic hydroxyl groups excluding tert-OH is 1. The van der Waals surface area contributed by atoms with Gasteiger partial charge in [0.2, 0.25) is 0 Å². The van der Waals surface area contributed by atoms with Crippen LogP contribution in [0.25, 0.3) is 0 Å². The van der Waals surface area contributed by atoms with E-state index in [2.05, 4.69) is 12.2 Å². The lowest BCUT2D eigenvalue weighted by atomic mass is 9.84. The SMILES string of the molecule is CCC1CCC(NC2(CO)CC2)CC1. The summed E-state index contributed by atoms with van der Waals surface area (Å²) in [4.78, 5) is 0. The Kier molecular flexibility index (Phi) is 3.13. The largest absolute Gasteiger partial charge is 0.394 e. The molecule has 0 heterocycles. The molecule has 2 aliphatic rings. The maximum absolute atomic E-state index is 9.22. The second-order valence-electron chi connectivity index (χ2n) is 5.21. The van der Waals surface area contributed by atoms with Crippen molar-refractivity contribution in [2.24, 2.45) is 5.92 Å². The van der Waals surface area contributed by atoms with E-state index in [1.54, 1.807) is 0 Å². The molecule has 0 atom stereocenters. The maximum atomic E-state index is 9.22. The van der Waals surface area contributed by atoms with Gasteiger partial charge < -0.3 is 10.4 Å². The van der Waals surface area contributed by atoms with Gasteiger partial charge in [0.15, 0.2) is 0 Å². The molecular formula is C12H23NO. The van der Waals surface area contributed by atoms with Gasteiger partial charge in [-0.1, -0.05) is 13.3 Å². The van der Waals surface area contributed by atoms with Crippen LogP contribution in [0.2, 0.25) is 0 Å². The zero-order valence-corrected chi connectivity index (χ0v) is 9.26. The second-order valence-corrected chi connectivity index (χ2v) is 5.21. The summed E-state index contributed by atoms with van der Waals surface area (Å²) in [5, 5.41) is 12.9. The molecule has 0 aromatic heterocycles. The molecule has 14 heavy (non-hydrogen) atoms. The normalized spacial score (nSPS) is 35.6. The molecule has 0 aromatic rings. The van der Waals surface area contributed by atoms with Gasteiger partial charge in [-0.15, -0.1) is 0 Å². The van der Waals surface area contributed by atoms with Gasteiger partial charge in [-0.05, 0) is 44.4 Å². The molecule has 2 fully saturated rings. The number of aliphatic hydroxyl groups is 1. The van der Waals surface area contributed by atoms with Gasteiger partial charge in [-0.25, -0.2) is 0 Å². The topological polar surface area (TPSA) is 32.3 Å². The summed E-state index contributed by atoms with van der Waals surface area (Å²) >= 11 is 0. The van der Waals surface area contributed by atoms with Crippen molar-refractivity contribution in [2.75, 3.05) is 6.61 Å². The molecule has 2 rings (SSSR count). The Hall–Kier alpha value is -0.0800. The van der Waals surface area contributed by atoms with Crippen LogP contribution >= 0.6 is 0 Å². The lowest BCUT2D eigenvalue weighted by Crippen LogP contribution is -2.44. The molecule has 0 unspecified atom stereocenters. The summed E-state index contributed by atoms with van der Waals surface area (Å²) in [5.74, 6) is 0.970. The fourth-order valence-electron chi connectivity index (χ4n) is 2.65. The third kappa shape index (κ3) is 2.29. The summed E-state index contributed by atoms with van der Waals surface area (Å²) in [6.45, 7) is 2.63. The number of nitrogens with one attached hydrogen (secondary N) is 1. The van der Waals surface area contributed by atoms with Crippen LogP contribution in [0.3, 0.4) is 0 Å². The predicted octanol–water partition coefficient (Wildman–Crippen LogP) is 2.07. The second kappa shape index (κ2) is 4.19. The van der Waals surface area contributed by atoms with E-state index in [-0.39, 0.29) is 5.54 Å². The highest BCUT2D eigenvalue weighted by atomic mass is 16.3. The molecule has 0 bridgehead atoms. The Morgan fingerprint density at radius 3 is 2.29 bits per heavy atom. The molecular weight excluding hydrogens is 174 g/mol. The van der Waals surface area contributed by atoms with E-state index >= 15 is 0 Å². The quantitative estimate of drug-likeness (QED) is 0.723. The molecule has 82 valence electrons. The van der Waals surface area contributed by atoms with Crippen molar-refractivity contribution in [1.29, 1.82) is 0 Å². The van der Waals surface area contributed by atoms with Crippen molar-refractivity contribution in [3.8, 4) is 0 Å². The van der Waals surface area contributed by atoms with Crippen LogP contribution in [-0.4, -0.2) is 23.3 Å². The predicted molar refractivity (Wildman–Crippen MR) is 58.2 cm³/mol. The van der Waals surface area contributed by atoms with Crippen LogP contribution < -0.4 is 5.32 Å². The first kappa shape index (κ1) is 10.4. The smallest absolute Gasteiger partial charge is 0.0613 e. The number of hydrogen-bond donors (Lipinski definition) is 2. The molecule has 2 N–H and O–H groups in total. The van der Waals surface area contributed by atoms with Gasteiger partial charge in [0.25, 0.3) is 0 Å². The zero-order valence-electron chi connectivity index (χ0n) is 9.26.